The zero-order valence-electron chi connectivity index (χ0n) is 63.4. The second-order valence-corrected chi connectivity index (χ2v) is 35.0. The van der Waals surface area contributed by atoms with E-state index in [1.54, 1.807) is 0 Å². The average Bonchev–Trinajstić information content (AvgIpc) is 1.66. The minimum absolute atomic E-state index is 0.0169. The van der Waals surface area contributed by atoms with Crippen LogP contribution >= 0.6 is 70.1 Å². The topological polar surface area (TPSA) is 112 Å². The highest BCUT2D eigenvalue weighted by molar-refractivity contribution is 8.00. The number of carbonyl (C=O) groups is 3. The van der Waals surface area contributed by atoms with Crippen LogP contribution in [0.25, 0.3) is 32.7 Å². The lowest BCUT2D eigenvalue weighted by Crippen LogP contribution is -2.35. The molecule has 1 unspecified atom stereocenters. The van der Waals surface area contributed by atoms with Crippen LogP contribution < -0.4 is 16.0 Å². The number of piperidine rings is 3. The van der Waals surface area contributed by atoms with Gasteiger partial charge in [-0.15, -0.1) is 35.3 Å². The van der Waals surface area contributed by atoms with Crippen LogP contribution in [0, 0.1) is 18.8 Å². The molecule has 3 N–H and O–H groups in total. The summed E-state index contributed by atoms with van der Waals surface area (Å²) in [7, 11) is 0. The molecule has 0 saturated carbocycles. The molecule has 1 atom stereocenters. The smallest absolute Gasteiger partial charge is 0.253 e. The number of thioether (sulfide) groups is 3. The fourth-order valence-electron chi connectivity index (χ4n) is 14.9. The Bertz CT molecular complexity index is 4400. The lowest BCUT2D eigenvalue weighted by Gasteiger charge is -2.31. The molecule has 0 spiro atoms. The van der Waals surface area contributed by atoms with Crippen molar-refractivity contribution in [3.63, 3.8) is 0 Å². The minimum atomic E-state index is -0.0169. The normalized spacial score (nSPS) is 15.3. The number of carbonyl (C=O) groups excluding carboxylic acids is 3. The zero-order chi connectivity index (χ0) is 74.9. The highest BCUT2D eigenvalue weighted by Crippen LogP contribution is 2.35. The van der Waals surface area contributed by atoms with Gasteiger partial charge in [0, 0.05) is 136 Å². The average molecular weight is 1560 g/mol. The molecule has 12 nitrogen and oxygen atoms in total. The van der Waals surface area contributed by atoms with Gasteiger partial charge in [0.25, 0.3) is 17.7 Å². The van der Waals surface area contributed by atoms with E-state index >= 15 is 0 Å². The van der Waals surface area contributed by atoms with E-state index in [1.807, 2.05) is 108 Å². The number of benzene rings is 7. The molecule has 0 aliphatic carbocycles. The molecule has 3 aromatic heterocycles. The van der Waals surface area contributed by atoms with E-state index in [1.165, 1.54) is 78.0 Å². The third-order valence-corrected chi connectivity index (χ3v) is 25.8. The Hall–Kier alpha value is -6.63. The number of hydrogen-bond donors (Lipinski definition) is 3. The lowest BCUT2D eigenvalue weighted by molar-refractivity contribution is 0.0940. The van der Waals surface area contributed by atoms with E-state index in [9.17, 15) is 14.4 Å². The maximum Gasteiger partial charge on any atom is 0.253 e. The zero-order valence-corrected chi connectivity index (χ0v) is 68.1. The Morgan fingerprint density at radius 3 is 1.13 bits per heavy atom. The SMILES string of the molecule is CC(C)CNC(=O)c1cn(CCCN2CCC(Sc3ccc(Cl)cc3)CC2)c2ccccc12.CCCCC(CC)CNC(=O)c1cn(CCCN2CCC(Sc3ccc(Cl)cc3)CC2)c2ccccc12.Cc1cccc(CNC(=O)c2cn(CCCN3CCC(Sc4ccc(Cl)cc4)CC3)c3ccccc23)c1. The second kappa shape index (κ2) is 42.0. The minimum Gasteiger partial charge on any atom is -0.352 e. The van der Waals surface area contributed by atoms with Gasteiger partial charge in [-0.1, -0.05) is 166 Å². The molecular weight excluding hydrogens is 1450 g/mol. The fourth-order valence-corrected chi connectivity index (χ4v) is 18.6. The van der Waals surface area contributed by atoms with Gasteiger partial charge >= 0.3 is 0 Å². The van der Waals surface area contributed by atoms with E-state index in [0.717, 1.165) is 181 Å². The molecule has 3 aliphatic rings. The van der Waals surface area contributed by atoms with E-state index < -0.39 is 0 Å². The number of nitrogens with one attached hydrogen (secondary N) is 3. The molecule has 0 bridgehead atoms. The summed E-state index contributed by atoms with van der Waals surface area (Å²) in [6.45, 7) is 25.7. The highest BCUT2D eigenvalue weighted by Gasteiger charge is 2.25. The highest BCUT2D eigenvalue weighted by atomic mass is 35.5. The van der Waals surface area contributed by atoms with Crippen LogP contribution in [-0.4, -0.2) is 134 Å². The summed E-state index contributed by atoms with van der Waals surface area (Å²) in [5.74, 6) is 1.07. The number of halogens is 3. The molecule has 10 aromatic rings. The number of likely N-dealkylation sites (tertiary alicyclic amines) is 3. The Morgan fingerprint density at radius 2 is 0.785 bits per heavy atom. The van der Waals surface area contributed by atoms with Crippen LogP contribution in [0.3, 0.4) is 0 Å². The third-order valence-electron chi connectivity index (χ3n) is 21.0. The van der Waals surface area contributed by atoms with E-state index in [4.69, 9.17) is 34.8 Å². The number of rotatable bonds is 31. The Balaban J connectivity index is 0.000000160. The van der Waals surface area contributed by atoms with Crippen molar-refractivity contribution in [3.05, 3.63) is 231 Å². The van der Waals surface area contributed by atoms with Gasteiger partial charge in [0.05, 0.1) is 16.7 Å². The lowest BCUT2D eigenvalue weighted by atomic mass is 9.99. The van der Waals surface area contributed by atoms with Crippen LogP contribution in [0.4, 0.5) is 0 Å². The monoisotopic (exact) mass is 1550 g/mol. The molecule has 3 saturated heterocycles. The van der Waals surface area contributed by atoms with Crippen LogP contribution in [0.2, 0.25) is 15.1 Å². The standard InChI is InChI=1S/C31H34ClN3OS.C31H42ClN3OS.C27H34ClN3OS/c1-23-6-4-7-24(20-23)21-33-31(36)29-22-35(30-9-3-2-8-28(29)30)17-5-16-34-18-14-27(15-19-34)37-26-12-10-25(32)11-13-26;1-3-5-9-24(4-2)22-33-31(36)29-23-35(30-11-7-6-10-28(29)30)19-8-18-34-20-16-27(17-21-34)37-26-14-12-25(32)13-15-26;1-20(2)18-29-27(32)25-19-31(26-7-4-3-6-24(25)26)15-5-14-30-16-12-23(13-17-30)33-22-10-8-21(28)9-11-22/h2-4,6-13,20,22,27H,5,14-19,21H2,1H3,(H,33,36);6-7,10-15,23-24,27H,3-5,8-9,16-22H2,1-2H3,(H,33,36);3-4,6-11,19-20,23H,5,12-18H2,1-2H3,(H,29,32). The third kappa shape index (κ3) is 24.7. The van der Waals surface area contributed by atoms with Crippen LogP contribution in [0.5, 0.6) is 0 Å². The number of aromatic nitrogens is 3. The Kier molecular flexibility index (Phi) is 31.9. The van der Waals surface area contributed by atoms with Gasteiger partial charge in [-0.2, -0.15) is 0 Å². The van der Waals surface area contributed by atoms with Gasteiger partial charge in [0.2, 0.25) is 0 Å². The summed E-state index contributed by atoms with van der Waals surface area (Å²) < 4.78 is 6.78. The second-order valence-electron chi connectivity index (χ2n) is 29.6. The number of fused-ring (bicyclic) bond motifs is 3. The van der Waals surface area contributed by atoms with Gasteiger partial charge in [-0.25, -0.2) is 0 Å². The largest absolute Gasteiger partial charge is 0.352 e. The van der Waals surface area contributed by atoms with Crippen molar-refractivity contribution in [2.75, 3.05) is 72.0 Å². The van der Waals surface area contributed by atoms with Crippen LogP contribution in [0.1, 0.15) is 153 Å². The first-order valence-corrected chi connectivity index (χ1v) is 43.0. The molecule has 7 aromatic carbocycles. The van der Waals surface area contributed by atoms with Crippen LogP contribution in [-0.2, 0) is 26.2 Å². The molecule has 3 aliphatic heterocycles. The Labute approximate surface area is 664 Å². The first-order valence-electron chi connectivity index (χ1n) is 39.2. The van der Waals surface area contributed by atoms with Crippen molar-refractivity contribution in [2.24, 2.45) is 11.8 Å². The first kappa shape index (κ1) is 81.4. The molecule has 107 heavy (non-hydrogen) atoms. The summed E-state index contributed by atoms with van der Waals surface area (Å²) in [6, 6.07) is 57.7. The van der Waals surface area contributed by atoms with Gasteiger partial charge in [-0.3, -0.25) is 14.4 Å². The molecule has 18 heteroatoms. The number of nitrogens with zero attached hydrogens (tertiary/aromatic N) is 6. The molecular formula is C89H110Cl3N9O3S3. The predicted octanol–water partition coefficient (Wildman–Crippen LogP) is 21.4. The van der Waals surface area contributed by atoms with Crippen molar-refractivity contribution in [1.82, 2.24) is 44.4 Å². The van der Waals surface area contributed by atoms with Crippen molar-refractivity contribution >= 4 is 121 Å². The van der Waals surface area contributed by atoms with E-state index in [-0.39, 0.29) is 17.7 Å². The maximum atomic E-state index is 13.1. The van der Waals surface area contributed by atoms with Gasteiger partial charge in [0.1, 0.15) is 0 Å². The number of amides is 3. The predicted molar refractivity (Wildman–Crippen MR) is 455 cm³/mol. The van der Waals surface area contributed by atoms with Gasteiger partial charge in [0.15, 0.2) is 0 Å². The summed E-state index contributed by atoms with van der Waals surface area (Å²) >= 11 is 24.0. The number of para-hydroxylation sites is 3. The molecule has 568 valence electrons. The molecule has 3 amide bonds. The van der Waals surface area contributed by atoms with E-state index in [0.29, 0.717) is 40.7 Å². The fraction of sp³-hybridized carbons (Fsp3) is 0.427. The molecule has 3 fully saturated rings. The number of aryl methyl sites for hydroxylation is 4. The van der Waals surface area contributed by atoms with Crippen molar-refractivity contribution in [1.29, 1.82) is 0 Å². The van der Waals surface area contributed by atoms with Gasteiger partial charge < -0.3 is 44.4 Å². The van der Waals surface area contributed by atoms with Crippen molar-refractivity contribution in [2.45, 2.75) is 175 Å². The number of unbranched alkanes of at least 4 members (excludes halogenated alkanes) is 1. The quantitative estimate of drug-likeness (QED) is 0.0391. The molecule has 13 rings (SSSR count). The van der Waals surface area contributed by atoms with E-state index in [2.05, 4.69) is 194 Å². The Morgan fingerprint density at radius 1 is 0.430 bits per heavy atom. The summed E-state index contributed by atoms with van der Waals surface area (Å²) in [5, 5.41) is 17.0. The van der Waals surface area contributed by atoms with Crippen molar-refractivity contribution < 1.29 is 14.4 Å². The maximum absolute atomic E-state index is 13.1. The first-order chi connectivity index (χ1) is 52.1. The van der Waals surface area contributed by atoms with Gasteiger partial charge in [-0.05, 0) is 238 Å². The summed E-state index contributed by atoms with van der Waals surface area (Å²) in [6.07, 6.45) is 21.4. The molecule has 0 radical (unpaired) electrons. The van der Waals surface area contributed by atoms with Crippen LogP contribution in [0.15, 0.2) is 203 Å². The summed E-state index contributed by atoms with van der Waals surface area (Å²) in [5.41, 5.74) is 8.09. The molecule has 6 heterocycles. The number of hydrogen-bond acceptors (Lipinski definition) is 9. The summed E-state index contributed by atoms with van der Waals surface area (Å²) in [4.78, 5) is 50.6. The van der Waals surface area contributed by atoms with Crippen molar-refractivity contribution in [3.8, 4) is 0 Å².